The Labute approximate surface area is 140 Å². The molecule has 0 aliphatic heterocycles. The van der Waals surface area contributed by atoms with Gasteiger partial charge in [0.25, 0.3) is 5.91 Å². The van der Waals surface area contributed by atoms with Gasteiger partial charge in [-0.25, -0.2) is 9.48 Å². The van der Waals surface area contributed by atoms with Crippen LogP contribution in [0.2, 0.25) is 0 Å². The van der Waals surface area contributed by atoms with Crippen molar-refractivity contribution in [2.24, 2.45) is 0 Å². The molecule has 0 bridgehead atoms. The van der Waals surface area contributed by atoms with Gasteiger partial charge in [0.05, 0.1) is 12.3 Å². The van der Waals surface area contributed by atoms with Crippen LogP contribution in [0.5, 0.6) is 0 Å². The molecule has 0 aliphatic carbocycles. The molecule has 0 saturated carbocycles. The van der Waals surface area contributed by atoms with Gasteiger partial charge in [-0.1, -0.05) is 0 Å². The first-order valence-electron chi connectivity index (χ1n) is 7.60. The molecule has 0 aromatic carbocycles. The van der Waals surface area contributed by atoms with E-state index >= 15 is 0 Å². The fraction of sp³-hybridized carbons (Fsp3) is 0.375. The Balaban J connectivity index is 2.00. The van der Waals surface area contributed by atoms with Crippen LogP contribution in [0.1, 0.15) is 35.7 Å². The second kappa shape index (κ2) is 7.58. The van der Waals surface area contributed by atoms with Crippen molar-refractivity contribution in [3.63, 3.8) is 0 Å². The molecular formula is C16H21N5O3. The third kappa shape index (κ3) is 4.55. The van der Waals surface area contributed by atoms with Gasteiger partial charge in [0.15, 0.2) is 5.69 Å². The van der Waals surface area contributed by atoms with Crippen molar-refractivity contribution in [1.29, 1.82) is 0 Å². The van der Waals surface area contributed by atoms with Crippen LogP contribution in [0.4, 0.5) is 0 Å². The minimum atomic E-state index is -0.495. The Bertz CT molecular complexity index is 773. The number of esters is 1. The Morgan fingerprint density at radius 3 is 2.71 bits per heavy atom. The maximum atomic E-state index is 12.1. The topological polar surface area (TPSA) is 91.0 Å². The van der Waals surface area contributed by atoms with Crippen molar-refractivity contribution in [2.45, 2.75) is 34.4 Å². The number of carbonyl (C=O) groups excluding carboxylic acids is 2. The van der Waals surface area contributed by atoms with Gasteiger partial charge < -0.3 is 10.1 Å². The first kappa shape index (κ1) is 17.5. The molecule has 2 heterocycles. The number of amides is 1. The van der Waals surface area contributed by atoms with Crippen LogP contribution in [0, 0.1) is 13.8 Å². The highest BCUT2D eigenvalue weighted by Crippen LogP contribution is 2.04. The third-order valence-electron chi connectivity index (χ3n) is 3.19. The molecule has 1 N–H and O–H groups in total. The second-order valence-electron chi connectivity index (χ2n) is 5.34. The third-order valence-corrected chi connectivity index (χ3v) is 3.19. The Hall–Kier alpha value is -2.90. The molecule has 2 aromatic rings. The van der Waals surface area contributed by atoms with E-state index in [0.717, 1.165) is 11.4 Å². The van der Waals surface area contributed by atoms with Crippen LogP contribution in [0.25, 0.3) is 0 Å². The Kier molecular flexibility index (Phi) is 5.51. The van der Waals surface area contributed by atoms with Crippen molar-refractivity contribution in [3.05, 3.63) is 47.2 Å². The summed E-state index contributed by atoms with van der Waals surface area (Å²) in [5, 5.41) is 11.2. The van der Waals surface area contributed by atoms with Gasteiger partial charge in [-0.15, -0.1) is 0 Å². The minimum Gasteiger partial charge on any atom is -0.463 e. The number of hydrogen-bond donors (Lipinski definition) is 1. The highest BCUT2D eigenvalue weighted by atomic mass is 16.5. The van der Waals surface area contributed by atoms with E-state index in [1.807, 2.05) is 19.9 Å². The molecule has 128 valence electrons. The molecule has 0 atom stereocenters. The van der Waals surface area contributed by atoms with Crippen molar-refractivity contribution in [1.82, 2.24) is 24.9 Å². The van der Waals surface area contributed by atoms with Crippen LogP contribution >= 0.6 is 0 Å². The predicted octanol–water partition coefficient (Wildman–Crippen LogP) is 1.40. The Morgan fingerprint density at radius 1 is 1.33 bits per heavy atom. The summed E-state index contributed by atoms with van der Waals surface area (Å²) >= 11 is 0. The molecule has 0 fully saturated rings. The van der Waals surface area contributed by atoms with E-state index in [-0.39, 0.29) is 18.2 Å². The molecule has 0 saturated heterocycles. The molecule has 8 heteroatoms. The lowest BCUT2D eigenvalue weighted by Crippen LogP contribution is -2.23. The predicted molar refractivity (Wildman–Crippen MR) is 87.2 cm³/mol. The summed E-state index contributed by atoms with van der Waals surface area (Å²) in [6.07, 6.45) is 2.93. The van der Waals surface area contributed by atoms with Crippen LogP contribution in [0.15, 0.2) is 30.1 Å². The van der Waals surface area contributed by atoms with Gasteiger partial charge >= 0.3 is 5.97 Å². The van der Waals surface area contributed by atoms with Crippen LogP contribution in [0.3, 0.4) is 0 Å². The quantitative estimate of drug-likeness (QED) is 0.638. The van der Waals surface area contributed by atoms with Crippen molar-refractivity contribution in [2.75, 3.05) is 6.61 Å². The maximum Gasteiger partial charge on any atom is 0.332 e. The molecule has 1 amide bonds. The van der Waals surface area contributed by atoms with Crippen molar-refractivity contribution >= 4 is 11.9 Å². The second-order valence-corrected chi connectivity index (χ2v) is 5.34. The normalized spacial score (nSPS) is 11.4. The summed E-state index contributed by atoms with van der Waals surface area (Å²) in [5.74, 6) is -0.884. The summed E-state index contributed by atoms with van der Waals surface area (Å²) in [4.78, 5) is 23.5. The molecule has 2 aromatic heterocycles. The van der Waals surface area contributed by atoms with E-state index in [4.69, 9.17) is 4.74 Å². The summed E-state index contributed by atoms with van der Waals surface area (Å²) < 4.78 is 8.21. The van der Waals surface area contributed by atoms with E-state index < -0.39 is 5.97 Å². The van der Waals surface area contributed by atoms with Gasteiger partial charge in [0.2, 0.25) is 0 Å². The zero-order valence-corrected chi connectivity index (χ0v) is 14.2. The number of allylic oxidation sites excluding steroid dienone is 1. The van der Waals surface area contributed by atoms with E-state index in [9.17, 15) is 9.59 Å². The summed E-state index contributed by atoms with van der Waals surface area (Å²) in [6, 6.07) is 3.58. The molecule has 0 radical (unpaired) electrons. The monoisotopic (exact) mass is 331 g/mol. The van der Waals surface area contributed by atoms with Gasteiger partial charge in [-0.3, -0.25) is 9.48 Å². The number of aromatic nitrogens is 4. The number of carbonyl (C=O) groups is 2. The van der Waals surface area contributed by atoms with Crippen LogP contribution in [-0.2, 0) is 16.2 Å². The number of rotatable bonds is 6. The number of nitrogens with one attached hydrogen (secondary N) is 1. The van der Waals surface area contributed by atoms with Gasteiger partial charge in [-0.2, -0.15) is 10.2 Å². The zero-order valence-electron chi connectivity index (χ0n) is 14.2. The lowest BCUT2D eigenvalue weighted by Gasteiger charge is -2.05. The summed E-state index contributed by atoms with van der Waals surface area (Å²) in [7, 11) is 0. The van der Waals surface area contributed by atoms with Crippen LogP contribution < -0.4 is 5.32 Å². The molecule has 24 heavy (non-hydrogen) atoms. The molecule has 0 aliphatic rings. The number of ether oxygens (including phenoxy) is 1. The Morgan fingerprint density at radius 2 is 2.08 bits per heavy atom. The van der Waals surface area contributed by atoms with Gasteiger partial charge in [0.1, 0.15) is 6.67 Å². The largest absolute Gasteiger partial charge is 0.463 e. The molecule has 2 rings (SSSR count). The summed E-state index contributed by atoms with van der Waals surface area (Å²) in [5.41, 5.74) is 2.60. The number of hydrogen-bond acceptors (Lipinski definition) is 5. The fourth-order valence-corrected chi connectivity index (χ4v) is 2.16. The van der Waals surface area contributed by atoms with Crippen molar-refractivity contribution in [3.8, 4) is 0 Å². The lowest BCUT2D eigenvalue weighted by molar-refractivity contribution is -0.137. The lowest BCUT2D eigenvalue weighted by atomic mass is 10.3. The average molecular weight is 331 g/mol. The molecule has 0 spiro atoms. The smallest absolute Gasteiger partial charge is 0.332 e. The zero-order chi connectivity index (χ0) is 17.7. The van der Waals surface area contributed by atoms with Gasteiger partial charge in [-0.05, 0) is 39.8 Å². The maximum absolute atomic E-state index is 12.1. The van der Waals surface area contributed by atoms with E-state index in [2.05, 4.69) is 15.5 Å². The number of nitrogens with zero attached hydrogens (tertiary/aromatic N) is 4. The SMILES string of the molecule is CCOC(=O)/C=C(\C)NC(=O)c1ccn(Cn2nc(C)cc2C)n1. The average Bonchev–Trinajstić information content (AvgIpc) is 3.06. The van der Waals surface area contributed by atoms with E-state index in [1.54, 1.807) is 35.5 Å². The molecular weight excluding hydrogens is 310 g/mol. The standard InChI is InChI=1S/C16H21N5O3/c1-5-24-15(22)9-11(2)17-16(23)14-6-7-20(19-14)10-21-13(4)8-12(3)18-21/h6-9H,5,10H2,1-4H3,(H,17,23)/b11-9+. The minimum absolute atomic E-state index is 0.258. The highest BCUT2D eigenvalue weighted by molar-refractivity contribution is 5.94. The highest BCUT2D eigenvalue weighted by Gasteiger charge is 2.11. The van der Waals surface area contributed by atoms with Gasteiger partial charge in [0, 0.05) is 23.7 Å². The van der Waals surface area contributed by atoms with Crippen LogP contribution in [-0.4, -0.2) is 38.0 Å². The first-order valence-corrected chi connectivity index (χ1v) is 7.60. The molecule has 0 unspecified atom stereocenters. The van der Waals surface area contributed by atoms with E-state index in [0.29, 0.717) is 12.4 Å². The van der Waals surface area contributed by atoms with Crippen molar-refractivity contribution < 1.29 is 14.3 Å². The van der Waals surface area contributed by atoms with E-state index in [1.165, 1.54) is 6.08 Å². The molecule has 8 nitrogen and oxygen atoms in total. The number of aryl methyl sites for hydroxylation is 2. The first-order chi connectivity index (χ1) is 11.4. The summed E-state index contributed by atoms with van der Waals surface area (Å²) in [6.45, 7) is 7.92. The fourth-order valence-electron chi connectivity index (χ4n) is 2.16.